The monoisotopic (exact) mass is 464 g/mol. The van der Waals surface area contributed by atoms with Crippen LogP contribution in [0.5, 0.6) is 11.5 Å². The molecule has 34 heavy (non-hydrogen) atoms. The number of hydrogen-bond donors (Lipinski definition) is 0. The summed E-state index contributed by atoms with van der Waals surface area (Å²) in [6.07, 6.45) is 12.6. The van der Waals surface area contributed by atoms with Crippen molar-refractivity contribution in [3.63, 3.8) is 0 Å². The van der Waals surface area contributed by atoms with Crippen LogP contribution in [-0.4, -0.2) is 22.5 Å². The smallest absolute Gasteiger partial charge is 0.346 e. The predicted octanol–water partition coefficient (Wildman–Crippen LogP) is 7.19. The molecular weight excluding hydrogens is 431 g/mol. The zero-order valence-corrected chi connectivity index (χ0v) is 20.1. The number of halogens is 1. The summed E-state index contributed by atoms with van der Waals surface area (Å²) in [7, 11) is 0. The number of aromatic nitrogens is 2. The Labute approximate surface area is 201 Å². The molecule has 0 unspecified atom stereocenters. The highest BCUT2D eigenvalue weighted by atomic mass is 19.1. The molecule has 0 saturated carbocycles. The predicted molar refractivity (Wildman–Crippen MR) is 132 cm³/mol. The van der Waals surface area contributed by atoms with Crippen molar-refractivity contribution in [2.45, 2.75) is 65.2 Å². The number of carbonyl (C=O) groups is 1. The quantitative estimate of drug-likeness (QED) is 0.152. The first-order valence-electron chi connectivity index (χ1n) is 12.2. The van der Waals surface area contributed by atoms with Gasteiger partial charge in [-0.05, 0) is 54.8 Å². The molecule has 0 atom stereocenters. The van der Waals surface area contributed by atoms with Crippen molar-refractivity contribution < 1.29 is 18.7 Å². The average molecular weight is 465 g/mol. The lowest BCUT2D eigenvalue weighted by molar-refractivity contribution is 0.0730. The Hall–Kier alpha value is -3.28. The molecule has 5 nitrogen and oxygen atoms in total. The van der Waals surface area contributed by atoms with Gasteiger partial charge in [-0.1, -0.05) is 52.4 Å². The fourth-order valence-electron chi connectivity index (χ4n) is 3.58. The molecule has 0 amide bonds. The highest BCUT2D eigenvalue weighted by molar-refractivity contribution is 5.91. The van der Waals surface area contributed by atoms with Gasteiger partial charge in [-0.3, -0.25) is 0 Å². The number of hydrogen-bond acceptors (Lipinski definition) is 5. The van der Waals surface area contributed by atoms with Gasteiger partial charge in [0.05, 0.1) is 12.2 Å². The van der Waals surface area contributed by atoms with Crippen LogP contribution in [0.4, 0.5) is 4.39 Å². The third-order valence-electron chi connectivity index (χ3n) is 5.49. The molecule has 6 heteroatoms. The molecule has 0 fully saturated rings. The van der Waals surface area contributed by atoms with Crippen LogP contribution < -0.4 is 9.47 Å². The van der Waals surface area contributed by atoms with Gasteiger partial charge in [0.1, 0.15) is 17.3 Å². The summed E-state index contributed by atoms with van der Waals surface area (Å²) < 4.78 is 25.5. The average Bonchev–Trinajstić information content (AvgIpc) is 2.85. The summed E-state index contributed by atoms with van der Waals surface area (Å²) in [5, 5.41) is 0. The molecule has 3 rings (SSSR count). The van der Waals surface area contributed by atoms with E-state index in [4.69, 9.17) is 9.47 Å². The van der Waals surface area contributed by atoms with Crippen LogP contribution in [0.25, 0.3) is 11.4 Å². The molecule has 0 aliphatic rings. The minimum absolute atomic E-state index is 0.133. The number of ether oxygens (including phenoxy) is 2. The minimum atomic E-state index is -0.757. The second-order valence-corrected chi connectivity index (χ2v) is 8.34. The topological polar surface area (TPSA) is 61.3 Å². The van der Waals surface area contributed by atoms with Gasteiger partial charge in [0.2, 0.25) is 0 Å². The maximum Gasteiger partial charge on any atom is 0.346 e. The van der Waals surface area contributed by atoms with Crippen LogP contribution in [0.15, 0.2) is 54.9 Å². The van der Waals surface area contributed by atoms with Crippen LogP contribution in [0, 0.1) is 5.82 Å². The summed E-state index contributed by atoms with van der Waals surface area (Å²) in [6.45, 7) is 4.84. The molecular formula is C28H33FN2O3. The number of aryl methyl sites for hydroxylation is 1. The third kappa shape index (κ3) is 7.65. The summed E-state index contributed by atoms with van der Waals surface area (Å²) in [5.74, 6) is -0.0908. The van der Waals surface area contributed by atoms with E-state index >= 15 is 0 Å². The summed E-state index contributed by atoms with van der Waals surface area (Å²) in [4.78, 5) is 21.2. The van der Waals surface area contributed by atoms with E-state index in [0.717, 1.165) is 36.8 Å². The van der Waals surface area contributed by atoms with Crippen molar-refractivity contribution in [3.05, 3.63) is 71.8 Å². The van der Waals surface area contributed by atoms with E-state index in [1.807, 2.05) is 12.4 Å². The lowest BCUT2D eigenvalue weighted by Crippen LogP contribution is -2.11. The van der Waals surface area contributed by atoms with Crippen LogP contribution in [0.1, 0.15) is 74.7 Å². The van der Waals surface area contributed by atoms with E-state index in [9.17, 15) is 9.18 Å². The maximum atomic E-state index is 14.5. The Morgan fingerprint density at radius 1 is 0.853 bits per heavy atom. The Morgan fingerprint density at radius 2 is 1.53 bits per heavy atom. The van der Waals surface area contributed by atoms with E-state index in [1.165, 1.54) is 37.8 Å². The Balaban J connectivity index is 1.51. The summed E-state index contributed by atoms with van der Waals surface area (Å²) in [5.41, 5.74) is 1.77. The number of unbranched alkanes of at least 4 members (excludes halogenated alkanes) is 5. The number of rotatable bonds is 13. The van der Waals surface area contributed by atoms with Crippen LogP contribution in [-0.2, 0) is 6.42 Å². The first kappa shape index (κ1) is 25.3. The van der Waals surface area contributed by atoms with Gasteiger partial charge in [0.25, 0.3) is 0 Å². The first-order chi connectivity index (χ1) is 16.6. The molecule has 1 aromatic heterocycles. The molecule has 0 N–H and O–H groups in total. The zero-order valence-electron chi connectivity index (χ0n) is 20.1. The molecule has 180 valence electrons. The molecule has 3 aromatic rings. The van der Waals surface area contributed by atoms with Crippen molar-refractivity contribution in [2.24, 2.45) is 0 Å². The summed E-state index contributed by atoms with van der Waals surface area (Å²) >= 11 is 0. The summed E-state index contributed by atoms with van der Waals surface area (Å²) in [6, 6.07) is 11.1. The second-order valence-electron chi connectivity index (χ2n) is 8.34. The fraction of sp³-hybridized carbons (Fsp3) is 0.393. The minimum Gasteiger partial charge on any atom is -0.493 e. The highest BCUT2D eigenvalue weighted by Gasteiger charge is 2.15. The van der Waals surface area contributed by atoms with Crippen molar-refractivity contribution in [3.8, 4) is 22.9 Å². The van der Waals surface area contributed by atoms with Gasteiger partial charge in [-0.2, -0.15) is 0 Å². The molecule has 1 heterocycles. The molecule has 0 bridgehead atoms. The van der Waals surface area contributed by atoms with Gasteiger partial charge < -0.3 is 9.47 Å². The van der Waals surface area contributed by atoms with Gasteiger partial charge >= 0.3 is 5.97 Å². The Morgan fingerprint density at radius 3 is 2.21 bits per heavy atom. The van der Waals surface area contributed by atoms with Crippen LogP contribution in [0.3, 0.4) is 0 Å². The Bertz CT molecular complexity index is 1040. The van der Waals surface area contributed by atoms with Crippen molar-refractivity contribution in [2.75, 3.05) is 6.61 Å². The van der Waals surface area contributed by atoms with Gasteiger partial charge in [-0.25, -0.2) is 19.2 Å². The Kier molecular flexibility index (Phi) is 10.0. The molecule has 0 aliphatic heterocycles. The molecule has 0 spiro atoms. The molecule has 2 aromatic carbocycles. The lowest BCUT2D eigenvalue weighted by atomic mass is 10.1. The lowest BCUT2D eigenvalue weighted by Gasteiger charge is -2.09. The number of esters is 1. The van der Waals surface area contributed by atoms with E-state index in [1.54, 1.807) is 30.3 Å². The van der Waals surface area contributed by atoms with E-state index in [0.29, 0.717) is 23.9 Å². The van der Waals surface area contributed by atoms with Crippen LogP contribution in [0.2, 0.25) is 0 Å². The zero-order chi connectivity index (χ0) is 24.2. The number of carbonyl (C=O) groups excluding carboxylic acids is 1. The molecule has 0 radical (unpaired) electrons. The normalized spacial score (nSPS) is 10.8. The van der Waals surface area contributed by atoms with E-state index < -0.39 is 11.8 Å². The van der Waals surface area contributed by atoms with Crippen molar-refractivity contribution in [1.82, 2.24) is 9.97 Å². The molecule has 0 saturated heterocycles. The van der Waals surface area contributed by atoms with Crippen LogP contribution >= 0.6 is 0 Å². The SMILES string of the molecule is CCCCCCCCOc1ccc(C(=O)Oc2ccc(-c3ncc(CCC)cn3)cc2)c(F)c1. The number of nitrogens with zero attached hydrogens (tertiary/aromatic N) is 2. The first-order valence-corrected chi connectivity index (χ1v) is 12.2. The van der Waals surface area contributed by atoms with Crippen molar-refractivity contribution in [1.29, 1.82) is 0 Å². The molecule has 0 aliphatic carbocycles. The standard InChI is InChI=1S/C28H33FN2O3/c1-3-5-6-7-8-9-17-33-24-15-16-25(26(29)18-24)28(32)34-23-13-11-22(12-14-23)27-30-19-21(10-4-2)20-31-27/h11-16,18-20H,3-10,17H2,1-2H3. The van der Waals surface area contributed by atoms with Gasteiger partial charge in [0.15, 0.2) is 5.82 Å². The third-order valence-corrected chi connectivity index (χ3v) is 5.49. The van der Waals surface area contributed by atoms with E-state index in [-0.39, 0.29) is 5.56 Å². The second kappa shape index (κ2) is 13.4. The number of benzene rings is 2. The largest absolute Gasteiger partial charge is 0.493 e. The van der Waals surface area contributed by atoms with Gasteiger partial charge in [-0.15, -0.1) is 0 Å². The van der Waals surface area contributed by atoms with Gasteiger partial charge in [0, 0.05) is 24.0 Å². The highest BCUT2D eigenvalue weighted by Crippen LogP contribution is 2.22. The van der Waals surface area contributed by atoms with E-state index in [2.05, 4.69) is 23.8 Å². The van der Waals surface area contributed by atoms with Crippen molar-refractivity contribution >= 4 is 5.97 Å². The maximum absolute atomic E-state index is 14.5. The fourth-order valence-corrected chi connectivity index (χ4v) is 3.58.